The summed E-state index contributed by atoms with van der Waals surface area (Å²) < 4.78 is 11.7. The summed E-state index contributed by atoms with van der Waals surface area (Å²) in [5.74, 6) is -1.37. The van der Waals surface area contributed by atoms with Crippen LogP contribution in [0.5, 0.6) is 5.75 Å². The smallest absolute Gasteiger partial charge is 0.455 e. The lowest BCUT2D eigenvalue weighted by Gasteiger charge is -2.43. The second-order valence-electron chi connectivity index (χ2n) is 10.7. The minimum atomic E-state index is -1.04. The molecule has 2 saturated heterocycles. The molecule has 4 atom stereocenters. The van der Waals surface area contributed by atoms with E-state index in [0.717, 1.165) is 28.0 Å². The first-order valence-electron chi connectivity index (χ1n) is 13.8. The number of hydrogen-bond donors (Lipinski definition) is 2. The van der Waals surface area contributed by atoms with Gasteiger partial charge < -0.3 is 19.5 Å². The fourth-order valence-electron chi connectivity index (χ4n) is 6.51. The number of allylic oxidation sites excluding steroid dienone is 1. The normalized spacial score (nSPS) is 24.9. The third-order valence-electron chi connectivity index (χ3n) is 8.15. The topological polar surface area (TPSA) is 109 Å². The van der Waals surface area contributed by atoms with Gasteiger partial charge in [-0.2, -0.15) is 0 Å². The second kappa shape index (κ2) is 12.3. The van der Waals surface area contributed by atoms with E-state index in [9.17, 15) is 19.7 Å². The highest BCUT2D eigenvalue weighted by Crippen LogP contribution is 2.50. The number of aromatic nitrogens is 1. The van der Waals surface area contributed by atoms with Crippen molar-refractivity contribution in [1.29, 1.82) is 0 Å². The Balaban J connectivity index is 1.48. The summed E-state index contributed by atoms with van der Waals surface area (Å²) in [6.45, 7) is 2.70. The number of pyridine rings is 1. The molecule has 0 saturated carbocycles. The van der Waals surface area contributed by atoms with Crippen molar-refractivity contribution in [1.82, 2.24) is 9.88 Å². The third kappa shape index (κ3) is 5.61. The number of aromatic hydroxyl groups is 1. The summed E-state index contributed by atoms with van der Waals surface area (Å²) >= 11 is 6.42. The van der Waals surface area contributed by atoms with E-state index in [1.807, 2.05) is 31.2 Å². The maximum absolute atomic E-state index is 13.5. The molecule has 10 heteroatoms. The van der Waals surface area contributed by atoms with Crippen molar-refractivity contribution in [3.8, 4) is 5.75 Å². The number of ether oxygens (including phenoxy) is 1. The number of carbonyl (C=O) groups is 2. The van der Waals surface area contributed by atoms with Crippen LogP contribution in [0.1, 0.15) is 43.9 Å². The van der Waals surface area contributed by atoms with Crippen molar-refractivity contribution in [2.45, 2.75) is 45.0 Å². The van der Waals surface area contributed by atoms with Crippen LogP contribution in [0.15, 0.2) is 53.7 Å². The van der Waals surface area contributed by atoms with Crippen molar-refractivity contribution in [3.05, 3.63) is 70.0 Å². The van der Waals surface area contributed by atoms with Gasteiger partial charge in [-0.3, -0.25) is 19.5 Å². The summed E-state index contributed by atoms with van der Waals surface area (Å²) in [6.07, 6.45) is 5.72. The quantitative estimate of drug-likeness (QED) is 0.260. The lowest BCUT2D eigenvalue weighted by Crippen LogP contribution is -2.46. The van der Waals surface area contributed by atoms with Gasteiger partial charge in [0.05, 0.1) is 35.3 Å². The third-order valence-corrected chi connectivity index (χ3v) is 8.48. The van der Waals surface area contributed by atoms with Gasteiger partial charge in [-0.1, -0.05) is 24.6 Å². The molecule has 210 valence electrons. The van der Waals surface area contributed by atoms with Crippen LogP contribution in [-0.4, -0.2) is 65.3 Å². The van der Waals surface area contributed by atoms with Crippen LogP contribution in [-0.2, 0) is 19.0 Å². The summed E-state index contributed by atoms with van der Waals surface area (Å²) in [7, 11) is 0.578. The van der Waals surface area contributed by atoms with Crippen LogP contribution in [0, 0.1) is 17.8 Å². The highest BCUT2D eigenvalue weighted by molar-refractivity contribution is 6.43. The van der Waals surface area contributed by atoms with Crippen molar-refractivity contribution < 1.29 is 29.1 Å². The molecule has 3 aliphatic rings. The molecule has 40 heavy (non-hydrogen) atoms. The van der Waals surface area contributed by atoms with Gasteiger partial charge in [-0.15, -0.1) is 0 Å². The van der Waals surface area contributed by atoms with Gasteiger partial charge in [-0.25, -0.2) is 0 Å². The Morgan fingerprint density at radius 2 is 2.08 bits per heavy atom. The zero-order valence-electron chi connectivity index (χ0n) is 22.8. The molecule has 3 heterocycles. The van der Waals surface area contributed by atoms with Crippen molar-refractivity contribution in [2.24, 2.45) is 17.8 Å². The molecule has 5 rings (SSSR count). The van der Waals surface area contributed by atoms with Gasteiger partial charge in [0.2, 0.25) is 11.8 Å². The minimum Gasteiger partial charge on any atom is -0.508 e. The van der Waals surface area contributed by atoms with Crippen LogP contribution in [0.2, 0.25) is 11.3 Å². The molecule has 2 fully saturated rings. The highest BCUT2D eigenvalue weighted by Gasteiger charge is 2.57. The highest BCUT2D eigenvalue weighted by atomic mass is 35.5. The first kappa shape index (κ1) is 28.5. The Labute approximate surface area is 239 Å². The zero-order valence-corrected chi connectivity index (χ0v) is 23.5. The fourth-order valence-corrected chi connectivity index (χ4v) is 6.74. The molecular formula is C30H34BClN2O6. The molecule has 1 aliphatic carbocycles. The standard InChI is InChI=1S/C30H34BClN2O6/c1-3-12-34-29(36)22-14-20(17-39-2)27-23(28(22)30(34)37)16-31(38)40-26(27)10-8-19(25-6-4-5-11-33-25)13-18-7-9-21(35)15-24(18)32/h4-7,9,11,13,15,22-23,26,28,35,38H,3,8,10,12,14,16-17H2,1-2H3/b19-13-/t22-,23+,26-,28-/m1/s1. The number of carbonyl (C=O) groups excluding carboxylic acids is 2. The summed E-state index contributed by atoms with van der Waals surface area (Å²) in [4.78, 5) is 32.6. The Morgan fingerprint density at radius 3 is 2.77 bits per heavy atom. The number of hydrogen-bond acceptors (Lipinski definition) is 7. The number of rotatable bonds is 9. The largest absolute Gasteiger partial charge is 0.508 e. The van der Waals surface area contributed by atoms with Crippen LogP contribution in [0.25, 0.3) is 11.6 Å². The van der Waals surface area contributed by atoms with Crippen molar-refractivity contribution in [2.75, 3.05) is 20.3 Å². The molecule has 0 radical (unpaired) electrons. The first-order chi connectivity index (χ1) is 19.3. The van der Waals surface area contributed by atoms with Gasteiger partial charge in [0.25, 0.3) is 0 Å². The molecule has 2 aliphatic heterocycles. The number of methoxy groups -OCH3 is 1. The average molecular weight is 565 g/mol. The van der Waals surface area contributed by atoms with E-state index < -0.39 is 25.1 Å². The molecule has 2 amide bonds. The Bertz CT molecular complexity index is 1330. The monoisotopic (exact) mass is 564 g/mol. The molecule has 0 spiro atoms. The van der Waals surface area contributed by atoms with Gasteiger partial charge in [0, 0.05) is 19.9 Å². The van der Waals surface area contributed by atoms with Gasteiger partial charge in [0.15, 0.2) is 0 Å². The Morgan fingerprint density at radius 1 is 1.25 bits per heavy atom. The van der Waals surface area contributed by atoms with E-state index in [2.05, 4.69) is 4.98 Å². The molecule has 8 nitrogen and oxygen atoms in total. The van der Waals surface area contributed by atoms with Crippen LogP contribution in [0.4, 0.5) is 0 Å². The molecular weight excluding hydrogens is 531 g/mol. The molecule has 1 aromatic heterocycles. The van der Waals surface area contributed by atoms with Crippen molar-refractivity contribution >= 4 is 42.2 Å². The van der Waals surface area contributed by atoms with E-state index in [0.29, 0.717) is 43.9 Å². The number of fused-ring (bicyclic) bond motifs is 3. The Hall–Kier alpha value is -2.98. The SMILES string of the molecule is CCCN1C(=O)[C@@H]2[C@@H](CC(COC)=C3[C@@H](CC/C(=C/c4ccc(O)cc4Cl)c4ccccn4)OB(O)C[C@@H]32)C1=O. The van der Waals surface area contributed by atoms with E-state index in [1.165, 1.54) is 11.0 Å². The molecule has 2 N–H and O–H groups in total. The number of likely N-dealkylation sites (tertiary alicyclic amines) is 1. The predicted molar refractivity (Wildman–Crippen MR) is 153 cm³/mol. The first-order valence-corrected chi connectivity index (χ1v) is 14.2. The molecule has 2 aromatic rings. The van der Waals surface area contributed by atoms with Crippen LogP contribution < -0.4 is 0 Å². The maximum atomic E-state index is 13.5. The van der Waals surface area contributed by atoms with Crippen molar-refractivity contribution in [3.63, 3.8) is 0 Å². The number of halogens is 1. The average Bonchev–Trinajstić information content (AvgIpc) is 3.17. The zero-order chi connectivity index (χ0) is 28.4. The number of benzene rings is 1. The van der Waals surface area contributed by atoms with Crippen LogP contribution in [0.3, 0.4) is 0 Å². The second-order valence-corrected chi connectivity index (χ2v) is 11.1. The Kier molecular flexibility index (Phi) is 8.75. The van der Waals surface area contributed by atoms with E-state index >= 15 is 0 Å². The predicted octanol–water partition coefficient (Wildman–Crippen LogP) is 4.61. The summed E-state index contributed by atoms with van der Waals surface area (Å²) in [5, 5.41) is 21.0. The number of amides is 2. The van der Waals surface area contributed by atoms with Gasteiger partial charge in [0.1, 0.15) is 5.75 Å². The van der Waals surface area contributed by atoms with Crippen LogP contribution >= 0.6 is 11.6 Å². The molecule has 1 aromatic carbocycles. The number of phenolic OH excluding ortho intramolecular Hbond substituents is 1. The summed E-state index contributed by atoms with van der Waals surface area (Å²) in [6, 6.07) is 10.5. The van der Waals surface area contributed by atoms with E-state index in [-0.39, 0.29) is 29.8 Å². The van der Waals surface area contributed by atoms with Gasteiger partial charge in [-0.05, 0) is 96.6 Å². The number of phenols is 1. The number of imide groups is 1. The summed E-state index contributed by atoms with van der Waals surface area (Å²) in [5.41, 5.74) is 4.40. The molecule has 0 bridgehead atoms. The lowest BCUT2D eigenvalue weighted by atomic mass is 9.58. The van der Waals surface area contributed by atoms with Gasteiger partial charge >= 0.3 is 7.12 Å². The maximum Gasteiger partial charge on any atom is 0.455 e. The minimum absolute atomic E-state index is 0.0860. The fraction of sp³-hybridized carbons (Fsp3) is 0.433. The molecule has 0 unspecified atom stereocenters. The van der Waals surface area contributed by atoms with E-state index in [1.54, 1.807) is 25.4 Å². The lowest BCUT2D eigenvalue weighted by molar-refractivity contribution is -0.140. The van der Waals surface area contributed by atoms with E-state index in [4.69, 9.17) is 21.0 Å². The number of nitrogens with zero attached hydrogens (tertiary/aromatic N) is 2.